The SMILES string of the molecule is O=C(c1c(F)cccc1F)c1c[nH]c2c(Cl)cccc12. The molecule has 2 nitrogen and oxygen atoms in total. The maximum absolute atomic E-state index is 13.7. The van der Waals surface area contributed by atoms with Crippen molar-refractivity contribution in [1.29, 1.82) is 0 Å². The van der Waals surface area contributed by atoms with Gasteiger partial charge in [0, 0.05) is 17.1 Å². The molecule has 0 spiro atoms. The molecule has 0 aliphatic rings. The summed E-state index contributed by atoms with van der Waals surface area (Å²) in [6.07, 6.45) is 1.41. The molecule has 0 radical (unpaired) electrons. The van der Waals surface area contributed by atoms with Crippen LogP contribution in [0.3, 0.4) is 0 Å². The molecule has 0 fully saturated rings. The molecule has 0 bridgehead atoms. The highest BCUT2D eigenvalue weighted by atomic mass is 35.5. The second kappa shape index (κ2) is 4.72. The van der Waals surface area contributed by atoms with E-state index >= 15 is 0 Å². The van der Waals surface area contributed by atoms with E-state index in [0.717, 1.165) is 12.1 Å². The number of benzene rings is 2. The van der Waals surface area contributed by atoms with Gasteiger partial charge in [-0.25, -0.2) is 8.78 Å². The van der Waals surface area contributed by atoms with Crippen LogP contribution in [0.4, 0.5) is 8.78 Å². The number of aromatic nitrogens is 1. The molecule has 2 aromatic carbocycles. The van der Waals surface area contributed by atoms with Gasteiger partial charge in [0.15, 0.2) is 0 Å². The molecular formula is C15H8ClF2NO. The Morgan fingerprint density at radius 1 is 1.05 bits per heavy atom. The maximum atomic E-state index is 13.7. The van der Waals surface area contributed by atoms with Crippen molar-refractivity contribution in [2.45, 2.75) is 0 Å². The quantitative estimate of drug-likeness (QED) is 0.700. The maximum Gasteiger partial charge on any atom is 0.201 e. The van der Waals surface area contributed by atoms with E-state index in [0.29, 0.717) is 15.9 Å². The van der Waals surface area contributed by atoms with Gasteiger partial charge in [0.25, 0.3) is 0 Å². The van der Waals surface area contributed by atoms with E-state index in [9.17, 15) is 13.6 Å². The van der Waals surface area contributed by atoms with Crippen molar-refractivity contribution >= 4 is 28.3 Å². The van der Waals surface area contributed by atoms with Gasteiger partial charge in [-0.15, -0.1) is 0 Å². The number of halogens is 3. The van der Waals surface area contributed by atoms with E-state index in [-0.39, 0.29) is 5.56 Å². The van der Waals surface area contributed by atoms with Crippen molar-refractivity contribution in [3.05, 3.63) is 70.4 Å². The number of carbonyl (C=O) groups excluding carboxylic acids is 1. The van der Waals surface area contributed by atoms with Crippen molar-refractivity contribution in [3.63, 3.8) is 0 Å². The molecule has 3 aromatic rings. The standard InChI is InChI=1S/C15H8ClF2NO/c16-10-4-1-3-8-9(7-19-14(8)10)15(20)13-11(17)5-2-6-12(13)18/h1-7,19H. The van der Waals surface area contributed by atoms with Crippen molar-refractivity contribution in [3.8, 4) is 0 Å². The zero-order valence-corrected chi connectivity index (χ0v) is 10.8. The van der Waals surface area contributed by atoms with Crippen molar-refractivity contribution in [2.75, 3.05) is 0 Å². The zero-order chi connectivity index (χ0) is 14.3. The summed E-state index contributed by atoms with van der Waals surface area (Å²) in [6, 6.07) is 8.33. The third-order valence-corrected chi connectivity index (χ3v) is 3.41. The number of ketones is 1. The van der Waals surface area contributed by atoms with Gasteiger partial charge >= 0.3 is 0 Å². The molecule has 0 atom stereocenters. The predicted octanol–water partition coefficient (Wildman–Crippen LogP) is 4.33. The average Bonchev–Trinajstić information content (AvgIpc) is 2.83. The van der Waals surface area contributed by atoms with Crippen LogP contribution >= 0.6 is 11.6 Å². The number of aromatic amines is 1. The smallest absolute Gasteiger partial charge is 0.201 e. The lowest BCUT2D eigenvalue weighted by Gasteiger charge is -2.03. The Balaban J connectivity index is 2.21. The topological polar surface area (TPSA) is 32.9 Å². The van der Waals surface area contributed by atoms with Gasteiger partial charge in [0.2, 0.25) is 5.78 Å². The van der Waals surface area contributed by atoms with Crippen molar-refractivity contribution in [1.82, 2.24) is 4.98 Å². The molecule has 1 N–H and O–H groups in total. The Morgan fingerprint density at radius 2 is 1.70 bits per heavy atom. The number of rotatable bonds is 2. The van der Waals surface area contributed by atoms with E-state index < -0.39 is 23.0 Å². The second-order valence-electron chi connectivity index (χ2n) is 4.29. The summed E-state index contributed by atoms with van der Waals surface area (Å²) < 4.78 is 27.4. The van der Waals surface area contributed by atoms with Crippen LogP contribution in [0.25, 0.3) is 10.9 Å². The minimum atomic E-state index is -0.883. The minimum Gasteiger partial charge on any atom is -0.359 e. The van der Waals surface area contributed by atoms with Crippen LogP contribution < -0.4 is 0 Å². The molecule has 1 heterocycles. The molecule has 0 amide bonds. The van der Waals surface area contributed by atoms with Crippen LogP contribution in [0, 0.1) is 11.6 Å². The molecular weight excluding hydrogens is 284 g/mol. The fraction of sp³-hybridized carbons (Fsp3) is 0. The van der Waals surface area contributed by atoms with E-state index in [1.165, 1.54) is 12.3 Å². The molecule has 0 unspecified atom stereocenters. The van der Waals surface area contributed by atoms with Crippen LogP contribution in [0.2, 0.25) is 5.02 Å². The Bertz CT molecular complexity index is 806. The van der Waals surface area contributed by atoms with Crippen LogP contribution in [0.15, 0.2) is 42.6 Å². The van der Waals surface area contributed by atoms with E-state index in [2.05, 4.69) is 4.98 Å². The Hall–Kier alpha value is -2.20. The molecule has 1 aromatic heterocycles. The van der Waals surface area contributed by atoms with Crippen molar-refractivity contribution < 1.29 is 13.6 Å². The highest BCUT2D eigenvalue weighted by molar-refractivity contribution is 6.35. The van der Waals surface area contributed by atoms with Crippen LogP contribution in [0.1, 0.15) is 15.9 Å². The predicted molar refractivity (Wildman–Crippen MR) is 73.1 cm³/mol. The van der Waals surface area contributed by atoms with Gasteiger partial charge in [-0.3, -0.25) is 4.79 Å². The first-order valence-electron chi connectivity index (χ1n) is 5.84. The summed E-state index contributed by atoms with van der Waals surface area (Å²) in [5.41, 5.74) is 0.189. The van der Waals surface area contributed by atoms with Gasteiger partial charge in [-0.05, 0) is 18.2 Å². The van der Waals surface area contributed by atoms with Gasteiger partial charge in [0.05, 0.1) is 16.1 Å². The Labute approximate surface area is 118 Å². The molecule has 20 heavy (non-hydrogen) atoms. The number of nitrogens with one attached hydrogen (secondary N) is 1. The van der Waals surface area contributed by atoms with E-state index in [4.69, 9.17) is 11.6 Å². The number of hydrogen-bond donors (Lipinski definition) is 1. The summed E-state index contributed by atoms with van der Waals surface area (Å²) in [7, 11) is 0. The van der Waals surface area contributed by atoms with Gasteiger partial charge in [-0.1, -0.05) is 29.8 Å². The van der Waals surface area contributed by atoms with E-state index in [1.807, 2.05) is 0 Å². The number of fused-ring (bicyclic) bond motifs is 1. The Morgan fingerprint density at radius 3 is 2.40 bits per heavy atom. The van der Waals surface area contributed by atoms with Crippen LogP contribution in [-0.4, -0.2) is 10.8 Å². The summed E-state index contributed by atoms with van der Waals surface area (Å²) in [4.78, 5) is 15.2. The lowest BCUT2D eigenvalue weighted by Crippen LogP contribution is -2.06. The molecule has 0 aliphatic carbocycles. The van der Waals surface area contributed by atoms with Crippen LogP contribution in [0.5, 0.6) is 0 Å². The highest BCUT2D eigenvalue weighted by Crippen LogP contribution is 2.27. The lowest BCUT2D eigenvalue weighted by atomic mass is 10.0. The fourth-order valence-electron chi connectivity index (χ4n) is 2.15. The normalized spacial score (nSPS) is 10.9. The monoisotopic (exact) mass is 291 g/mol. The van der Waals surface area contributed by atoms with Gasteiger partial charge < -0.3 is 4.98 Å². The first-order chi connectivity index (χ1) is 9.59. The molecule has 100 valence electrons. The lowest BCUT2D eigenvalue weighted by molar-refractivity contribution is 0.103. The summed E-state index contributed by atoms with van der Waals surface area (Å²) in [5, 5.41) is 0.973. The largest absolute Gasteiger partial charge is 0.359 e. The number of carbonyl (C=O) groups is 1. The first kappa shape index (κ1) is 12.8. The minimum absolute atomic E-state index is 0.187. The number of para-hydroxylation sites is 1. The average molecular weight is 292 g/mol. The highest BCUT2D eigenvalue weighted by Gasteiger charge is 2.21. The summed E-state index contributed by atoms with van der Waals surface area (Å²) >= 11 is 5.99. The number of H-pyrrole nitrogens is 1. The fourth-order valence-corrected chi connectivity index (χ4v) is 2.38. The van der Waals surface area contributed by atoms with Gasteiger partial charge in [0.1, 0.15) is 11.6 Å². The summed E-state index contributed by atoms with van der Waals surface area (Å²) in [6.45, 7) is 0. The second-order valence-corrected chi connectivity index (χ2v) is 4.70. The third kappa shape index (κ3) is 1.89. The number of hydrogen-bond acceptors (Lipinski definition) is 1. The Kier molecular flexibility index (Phi) is 3.03. The van der Waals surface area contributed by atoms with E-state index in [1.54, 1.807) is 18.2 Å². The zero-order valence-electron chi connectivity index (χ0n) is 10.1. The molecule has 3 rings (SSSR count). The first-order valence-corrected chi connectivity index (χ1v) is 6.21. The van der Waals surface area contributed by atoms with Crippen LogP contribution in [-0.2, 0) is 0 Å². The molecule has 0 saturated heterocycles. The molecule has 0 aliphatic heterocycles. The van der Waals surface area contributed by atoms with Crippen molar-refractivity contribution in [2.24, 2.45) is 0 Å². The summed E-state index contributed by atoms with van der Waals surface area (Å²) in [5.74, 6) is -2.48. The molecule has 0 saturated carbocycles. The molecule has 5 heteroatoms. The van der Waals surface area contributed by atoms with Gasteiger partial charge in [-0.2, -0.15) is 0 Å². The third-order valence-electron chi connectivity index (χ3n) is 3.10.